The quantitative estimate of drug-likeness (QED) is 0.370. The van der Waals surface area contributed by atoms with Gasteiger partial charge in [0.25, 0.3) is 5.91 Å². The van der Waals surface area contributed by atoms with Crippen molar-refractivity contribution in [1.82, 2.24) is 14.7 Å². The maximum absolute atomic E-state index is 12.7. The van der Waals surface area contributed by atoms with Crippen molar-refractivity contribution in [2.45, 2.75) is 38.6 Å². The number of oxime groups is 1. The van der Waals surface area contributed by atoms with E-state index in [4.69, 9.17) is 10.9 Å². The van der Waals surface area contributed by atoms with Gasteiger partial charge in [0.1, 0.15) is 0 Å². The van der Waals surface area contributed by atoms with E-state index >= 15 is 0 Å². The summed E-state index contributed by atoms with van der Waals surface area (Å²) >= 11 is 0. The van der Waals surface area contributed by atoms with E-state index in [-0.39, 0.29) is 24.3 Å². The van der Waals surface area contributed by atoms with Crippen LogP contribution in [0.4, 0.5) is 0 Å². The largest absolute Gasteiger partial charge is 0.409 e. The van der Waals surface area contributed by atoms with Crippen molar-refractivity contribution in [3.05, 3.63) is 17.5 Å². The van der Waals surface area contributed by atoms with Crippen LogP contribution in [0.5, 0.6) is 0 Å². The Morgan fingerprint density at radius 3 is 2.75 bits per heavy atom. The molecule has 0 aromatic carbocycles. The second-order valence-electron chi connectivity index (χ2n) is 5.23. The Morgan fingerprint density at radius 2 is 2.25 bits per heavy atom. The SMILES string of the molecule is Cc1c(C(=O)N(CC(N)=NO)C2CCCC2)cnn1C. The minimum Gasteiger partial charge on any atom is -0.409 e. The van der Waals surface area contributed by atoms with Gasteiger partial charge in [-0.15, -0.1) is 0 Å². The predicted molar refractivity (Wildman–Crippen MR) is 74.6 cm³/mol. The first kappa shape index (κ1) is 14.4. The zero-order valence-electron chi connectivity index (χ0n) is 11.9. The molecule has 0 unspecified atom stereocenters. The summed E-state index contributed by atoms with van der Waals surface area (Å²) < 4.78 is 1.67. The van der Waals surface area contributed by atoms with Crippen LogP contribution in [-0.2, 0) is 7.05 Å². The molecule has 0 bridgehead atoms. The third-order valence-corrected chi connectivity index (χ3v) is 3.95. The first-order valence-corrected chi connectivity index (χ1v) is 6.80. The highest BCUT2D eigenvalue weighted by atomic mass is 16.4. The lowest BCUT2D eigenvalue weighted by Crippen LogP contribution is -2.44. The Bertz CT molecular complexity index is 517. The molecule has 1 saturated carbocycles. The Balaban J connectivity index is 2.25. The number of nitrogens with two attached hydrogens (primary N) is 1. The van der Waals surface area contributed by atoms with Crippen LogP contribution in [0.25, 0.3) is 0 Å². The summed E-state index contributed by atoms with van der Waals surface area (Å²) in [4.78, 5) is 14.4. The molecule has 0 spiro atoms. The van der Waals surface area contributed by atoms with Gasteiger partial charge in [0.2, 0.25) is 0 Å². The zero-order chi connectivity index (χ0) is 14.7. The van der Waals surface area contributed by atoms with Crippen molar-refractivity contribution in [3.8, 4) is 0 Å². The molecule has 2 rings (SSSR count). The number of hydrogen-bond donors (Lipinski definition) is 2. The van der Waals surface area contributed by atoms with Gasteiger partial charge in [-0.1, -0.05) is 18.0 Å². The van der Waals surface area contributed by atoms with Gasteiger partial charge in [0.05, 0.1) is 18.3 Å². The van der Waals surface area contributed by atoms with Gasteiger partial charge in [-0.3, -0.25) is 9.48 Å². The minimum atomic E-state index is -0.103. The lowest BCUT2D eigenvalue weighted by Gasteiger charge is -2.28. The van der Waals surface area contributed by atoms with Gasteiger partial charge in [0.15, 0.2) is 5.84 Å². The van der Waals surface area contributed by atoms with Crippen LogP contribution >= 0.6 is 0 Å². The molecule has 7 nitrogen and oxygen atoms in total. The van der Waals surface area contributed by atoms with Crippen molar-refractivity contribution in [3.63, 3.8) is 0 Å². The molecule has 1 aromatic rings. The molecule has 0 atom stereocenters. The zero-order valence-corrected chi connectivity index (χ0v) is 11.9. The highest BCUT2D eigenvalue weighted by Gasteiger charge is 2.29. The fourth-order valence-electron chi connectivity index (χ4n) is 2.65. The van der Waals surface area contributed by atoms with Crippen LogP contribution in [-0.4, -0.2) is 44.2 Å². The number of amidine groups is 1. The molecule has 20 heavy (non-hydrogen) atoms. The molecule has 3 N–H and O–H groups in total. The standard InChI is InChI=1S/C13H21N5O2/c1-9-11(7-15-17(9)2)13(19)18(8-12(14)16-20)10-5-3-4-6-10/h7,10,20H,3-6,8H2,1-2H3,(H2,14,16). The second kappa shape index (κ2) is 5.94. The molecule has 1 fully saturated rings. The maximum Gasteiger partial charge on any atom is 0.257 e. The molecule has 1 heterocycles. The average molecular weight is 279 g/mol. The van der Waals surface area contributed by atoms with Crippen molar-refractivity contribution in [1.29, 1.82) is 0 Å². The number of rotatable bonds is 4. The van der Waals surface area contributed by atoms with E-state index in [0.717, 1.165) is 31.4 Å². The third kappa shape index (κ3) is 2.76. The maximum atomic E-state index is 12.7. The Hall–Kier alpha value is -2.05. The van der Waals surface area contributed by atoms with Gasteiger partial charge < -0.3 is 15.8 Å². The molecule has 0 aliphatic heterocycles. The van der Waals surface area contributed by atoms with E-state index < -0.39 is 0 Å². The lowest BCUT2D eigenvalue weighted by molar-refractivity contribution is 0.0711. The fraction of sp³-hybridized carbons (Fsp3) is 0.615. The van der Waals surface area contributed by atoms with Crippen LogP contribution < -0.4 is 5.73 Å². The topological polar surface area (TPSA) is 96.7 Å². The average Bonchev–Trinajstić information content (AvgIpc) is 3.07. The van der Waals surface area contributed by atoms with Crippen LogP contribution in [0.15, 0.2) is 11.4 Å². The monoisotopic (exact) mass is 279 g/mol. The highest BCUT2D eigenvalue weighted by Crippen LogP contribution is 2.25. The summed E-state index contributed by atoms with van der Waals surface area (Å²) in [6.45, 7) is 2.00. The highest BCUT2D eigenvalue weighted by molar-refractivity contribution is 5.97. The van der Waals surface area contributed by atoms with E-state index in [1.807, 2.05) is 6.92 Å². The van der Waals surface area contributed by atoms with E-state index in [2.05, 4.69) is 10.3 Å². The van der Waals surface area contributed by atoms with E-state index in [1.54, 1.807) is 22.8 Å². The molecule has 1 aromatic heterocycles. The number of hydrogen-bond acceptors (Lipinski definition) is 4. The molecule has 0 saturated heterocycles. The van der Waals surface area contributed by atoms with Crippen LogP contribution in [0.3, 0.4) is 0 Å². The molecular weight excluding hydrogens is 258 g/mol. The minimum absolute atomic E-state index is 0.0480. The fourth-order valence-corrected chi connectivity index (χ4v) is 2.65. The molecule has 1 aliphatic rings. The normalized spacial score (nSPS) is 16.6. The molecule has 7 heteroatoms. The van der Waals surface area contributed by atoms with Crippen molar-refractivity contribution in [2.75, 3.05) is 6.54 Å². The van der Waals surface area contributed by atoms with Crippen molar-refractivity contribution >= 4 is 11.7 Å². The third-order valence-electron chi connectivity index (χ3n) is 3.95. The molecule has 0 radical (unpaired) electrons. The summed E-state index contributed by atoms with van der Waals surface area (Å²) in [6.07, 6.45) is 5.71. The summed E-state index contributed by atoms with van der Waals surface area (Å²) in [7, 11) is 1.80. The first-order chi connectivity index (χ1) is 9.54. The number of amides is 1. The van der Waals surface area contributed by atoms with Crippen molar-refractivity contribution < 1.29 is 10.0 Å². The number of aryl methyl sites for hydroxylation is 1. The first-order valence-electron chi connectivity index (χ1n) is 6.80. The van der Waals surface area contributed by atoms with Gasteiger partial charge >= 0.3 is 0 Å². The van der Waals surface area contributed by atoms with Gasteiger partial charge in [-0.05, 0) is 19.8 Å². The van der Waals surface area contributed by atoms with Crippen LogP contribution in [0, 0.1) is 6.92 Å². The number of nitrogens with zero attached hydrogens (tertiary/aromatic N) is 4. The Labute approximate surface area is 118 Å². The smallest absolute Gasteiger partial charge is 0.257 e. The van der Waals surface area contributed by atoms with Gasteiger partial charge in [0, 0.05) is 18.8 Å². The lowest BCUT2D eigenvalue weighted by atomic mass is 10.1. The van der Waals surface area contributed by atoms with E-state index in [1.165, 1.54) is 0 Å². The number of carbonyl (C=O) groups excluding carboxylic acids is 1. The molecule has 1 aliphatic carbocycles. The van der Waals surface area contributed by atoms with E-state index in [9.17, 15) is 4.79 Å². The Kier molecular flexibility index (Phi) is 4.26. The summed E-state index contributed by atoms with van der Waals surface area (Å²) in [5.74, 6) is -0.0547. The van der Waals surface area contributed by atoms with E-state index in [0.29, 0.717) is 5.56 Å². The molecule has 1 amide bonds. The summed E-state index contributed by atoms with van der Waals surface area (Å²) in [5.41, 5.74) is 6.98. The molecule has 110 valence electrons. The summed E-state index contributed by atoms with van der Waals surface area (Å²) in [6, 6.07) is 0.155. The predicted octanol–water partition coefficient (Wildman–Crippen LogP) is 0.860. The van der Waals surface area contributed by atoms with Crippen LogP contribution in [0.2, 0.25) is 0 Å². The van der Waals surface area contributed by atoms with Crippen molar-refractivity contribution in [2.24, 2.45) is 17.9 Å². The number of aromatic nitrogens is 2. The van der Waals surface area contributed by atoms with Gasteiger partial charge in [-0.25, -0.2) is 0 Å². The Morgan fingerprint density at radius 1 is 1.60 bits per heavy atom. The van der Waals surface area contributed by atoms with Crippen LogP contribution in [0.1, 0.15) is 41.7 Å². The molecular formula is C13H21N5O2. The second-order valence-corrected chi connectivity index (χ2v) is 5.23. The summed E-state index contributed by atoms with van der Waals surface area (Å²) in [5, 5.41) is 15.8. The number of carbonyl (C=O) groups is 1. The van der Waals surface area contributed by atoms with Gasteiger partial charge in [-0.2, -0.15) is 5.10 Å².